The van der Waals surface area contributed by atoms with E-state index in [1.165, 1.54) is 16.2 Å². The topological polar surface area (TPSA) is 76.3 Å². The Morgan fingerprint density at radius 2 is 1.79 bits per heavy atom. The molecule has 0 saturated carbocycles. The van der Waals surface area contributed by atoms with Crippen LogP contribution in [0.5, 0.6) is 0 Å². The molecule has 2 N–H and O–H groups in total. The molecule has 2 amide bonds. The summed E-state index contributed by atoms with van der Waals surface area (Å²) in [5.74, 6) is -0.522. The standard InChI is InChI=1S/C13H11N3O2S/c14-5-11-15-8(7-19-11)6-16-12(17)9-3-1-2-4-10(9)13(16)18/h1-4,7H,5-6,14H2. The molecule has 1 aliphatic heterocycles. The highest BCUT2D eigenvalue weighted by Gasteiger charge is 2.35. The van der Waals surface area contributed by atoms with E-state index in [-0.39, 0.29) is 18.4 Å². The zero-order valence-corrected chi connectivity index (χ0v) is 10.8. The van der Waals surface area contributed by atoms with Crippen LogP contribution in [-0.4, -0.2) is 21.7 Å². The van der Waals surface area contributed by atoms with Crippen molar-refractivity contribution in [1.29, 1.82) is 0 Å². The fourth-order valence-corrected chi connectivity index (χ4v) is 2.73. The van der Waals surface area contributed by atoms with Crippen LogP contribution in [0, 0.1) is 0 Å². The van der Waals surface area contributed by atoms with Gasteiger partial charge in [-0.15, -0.1) is 11.3 Å². The molecule has 3 rings (SSSR count). The third kappa shape index (κ3) is 1.94. The number of thiazole rings is 1. The number of benzene rings is 1. The molecule has 2 heterocycles. The summed E-state index contributed by atoms with van der Waals surface area (Å²) in [5, 5.41) is 2.62. The van der Waals surface area contributed by atoms with Gasteiger partial charge in [0.1, 0.15) is 5.01 Å². The minimum absolute atomic E-state index is 0.197. The zero-order valence-electron chi connectivity index (χ0n) is 10.00. The molecule has 96 valence electrons. The lowest BCUT2D eigenvalue weighted by Crippen LogP contribution is -2.29. The second kappa shape index (κ2) is 4.56. The van der Waals surface area contributed by atoms with Crippen LogP contribution < -0.4 is 5.73 Å². The molecule has 1 aromatic heterocycles. The molecule has 0 unspecified atom stereocenters. The van der Waals surface area contributed by atoms with E-state index >= 15 is 0 Å². The van der Waals surface area contributed by atoms with Crippen LogP contribution in [0.2, 0.25) is 0 Å². The molecule has 0 aliphatic carbocycles. The Kier molecular flexibility index (Phi) is 2.88. The van der Waals surface area contributed by atoms with Crippen molar-refractivity contribution in [2.45, 2.75) is 13.1 Å². The van der Waals surface area contributed by atoms with Gasteiger partial charge in [-0.1, -0.05) is 12.1 Å². The number of carbonyl (C=O) groups excluding carboxylic acids is 2. The van der Waals surface area contributed by atoms with Crippen LogP contribution in [0.15, 0.2) is 29.6 Å². The van der Waals surface area contributed by atoms with Crippen molar-refractivity contribution in [1.82, 2.24) is 9.88 Å². The molecule has 0 spiro atoms. The summed E-state index contributed by atoms with van der Waals surface area (Å²) in [7, 11) is 0. The van der Waals surface area contributed by atoms with Crippen molar-refractivity contribution in [3.63, 3.8) is 0 Å². The molecular formula is C13H11N3O2S. The van der Waals surface area contributed by atoms with Gasteiger partial charge in [-0.3, -0.25) is 14.5 Å². The lowest BCUT2D eigenvalue weighted by atomic mass is 10.1. The molecule has 0 radical (unpaired) electrons. The molecule has 0 fully saturated rings. The number of hydrogen-bond acceptors (Lipinski definition) is 5. The number of rotatable bonds is 3. The molecular weight excluding hydrogens is 262 g/mol. The molecule has 19 heavy (non-hydrogen) atoms. The van der Waals surface area contributed by atoms with Crippen molar-refractivity contribution >= 4 is 23.2 Å². The Hall–Kier alpha value is -2.05. The molecule has 0 bridgehead atoms. The minimum Gasteiger partial charge on any atom is -0.325 e. The van der Waals surface area contributed by atoms with E-state index in [0.717, 1.165) is 5.01 Å². The van der Waals surface area contributed by atoms with Crippen molar-refractivity contribution in [3.05, 3.63) is 51.5 Å². The van der Waals surface area contributed by atoms with E-state index in [1.54, 1.807) is 24.3 Å². The normalized spacial score (nSPS) is 14.1. The van der Waals surface area contributed by atoms with E-state index in [0.29, 0.717) is 23.4 Å². The Morgan fingerprint density at radius 3 is 2.32 bits per heavy atom. The summed E-state index contributed by atoms with van der Waals surface area (Å²) in [6.07, 6.45) is 0. The predicted molar refractivity (Wildman–Crippen MR) is 70.7 cm³/mol. The second-order valence-corrected chi connectivity index (χ2v) is 5.12. The summed E-state index contributed by atoms with van der Waals surface area (Å²) < 4.78 is 0. The van der Waals surface area contributed by atoms with Gasteiger partial charge in [-0.25, -0.2) is 4.98 Å². The first kappa shape index (κ1) is 12.0. The maximum atomic E-state index is 12.1. The molecule has 1 aromatic carbocycles. The van der Waals surface area contributed by atoms with E-state index < -0.39 is 0 Å². The van der Waals surface area contributed by atoms with Gasteiger partial charge in [0.25, 0.3) is 11.8 Å². The molecule has 0 saturated heterocycles. The molecule has 2 aromatic rings. The Labute approximate surface area is 113 Å². The average Bonchev–Trinajstić information content (AvgIpc) is 2.99. The quantitative estimate of drug-likeness (QED) is 0.858. The van der Waals surface area contributed by atoms with Gasteiger partial charge in [0.15, 0.2) is 0 Å². The van der Waals surface area contributed by atoms with Gasteiger partial charge in [-0.05, 0) is 12.1 Å². The van der Waals surface area contributed by atoms with Crippen LogP contribution in [-0.2, 0) is 13.1 Å². The number of amides is 2. The first-order chi connectivity index (χ1) is 9.20. The van der Waals surface area contributed by atoms with Gasteiger partial charge < -0.3 is 5.73 Å². The molecule has 6 heteroatoms. The van der Waals surface area contributed by atoms with Crippen LogP contribution in [0.25, 0.3) is 0 Å². The second-order valence-electron chi connectivity index (χ2n) is 4.18. The highest BCUT2D eigenvalue weighted by atomic mass is 32.1. The maximum Gasteiger partial charge on any atom is 0.261 e. The van der Waals surface area contributed by atoms with Crippen molar-refractivity contribution in [2.75, 3.05) is 0 Å². The molecule has 5 nitrogen and oxygen atoms in total. The molecule has 0 atom stereocenters. The monoisotopic (exact) mass is 273 g/mol. The Balaban J connectivity index is 1.88. The number of aromatic nitrogens is 1. The van der Waals surface area contributed by atoms with Crippen LogP contribution in [0.3, 0.4) is 0 Å². The third-order valence-corrected chi connectivity index (χ3v) is 3.89. The largest absolute Gasteiger partial charge is 0.325 e. The van der Waals surface area contributed by atoms with E-state index in [1.807, 2.05) is 5.38 Å². The number of hydrogen-bond donors (Lipinski definition) is 1. The summed E-state index contributed by atoms with van der Waals surface area (Å²) >= 11 is 1.43. The Bertz CT molecular complexity index is 630. The average molecular weight is 273 g/mol. The third-order valence-electron chi connectivity index (χ3n) is 2.97. The first-order valence-electron chi connectivity index (χ1n) is 5.79. The SMILES string of the molecule is NCc1nc(CN2C(=O)c3ccccc3C2=O)cs1. The maximum absolute atomic E-state index is 12.1. The fourth-order valence-electron chi connectivity index (χ4n) is 2.06. The number of nitrogens with two attached hydrogens (primary N) is 1. The smallest absolute Gasteiger partial charge is 0.261 e. The van der Waals surface area contributed by atoms with E-state index in [2.05, 4.69) is 4.98 Å². The summed E-state index contributed by atoms with van der Waals surface area (Å²) in [4.78, 5) is 29.8. The Morgan fingerprint density at radius 1 is 1.16 bits per heavy atom. The van der Waals surface area contributed by atoms with Gasteiger partial charge in [0, 0.05) is 11.9 Å². The lowest BCUT2D eigenvalue weighted by Gasteiger charge is -2.11. The number of carbonyl (C=O) groups is 2. The highest BCUT2D eigenvalue weighted by molar-refractivity contribution is 7.09. The summed E-state index contributed by atoms with van der Waals surface area (Å²) in [6, 6.07) is 6.84. The fraction of sp³-hybridized carbons (Fsp3) is 0.154. The highest BCUT2D eigenvalue weighted by Crippen LogP contribution is 2.24. The van der Waals surface area contributed by atoms with Gasteiger partial charge in [0.2, 0.25) is 0 Å². The van der Waals surface area contributed by atoms with Crippen molar-refractivity contribution in [3.8, 4) is 0 Å². The predicted octanol–water partition coefficient (Wildman–Crippen LogP) is 1.40. The van der Waals surface area contributed by atoms with E-state index in [4.69, 9.17) is 5.73 Å². The van der Waals surface area contributed by atoms with Gasteiger partial charge >= 0.3 is 0 Å². The first-order valence-corrected chi connectivity index (χ1v) is 6.67. The lowest BCUT2D eigenvalue weighted by molar-refractivity contribution is 0.0640. The molecule has 1 aliphatic rings. The minimum atomic E-state index is -0.261. The number of nitrogens with zero attached hydrogens (tertiary/aromatic N) is 2. The van der Waals surface area contributed by atoms with Gasteiger partial charge in [0.05, 0.1) is 23.4 Å². The zero-order chi connectivity index (χ0) is 13.4. The van der Waals surface area contributed by atoms with Crippen molar-refractivity contribution < 1.29 is 9.59 Å². The summed E-state index contributed by atoms with van der Waals surface area (Å²) in [5.41, 5.74) is 7.11. The van der Waals surface area contributed by atoms with Crippen molar-refractivity contribution in [2.24, 2.45) is 5.73 Å². The summed E-state index contributed by atoms with van der Waals surface area (Å²) in [6.45, 7) is 0.565. The van der Waals surface area contributed by atoms with Gasteiger partial charge in [-0.2, -0.15) is 0 Å². The van der Waals surface area contributed by atoms with Crippen LogP contribution >= 0.6 is 11.3 Å². The van der Waals surface area contributed by atoms with Crippen LogP contribution in [0.1, 0.15) is 31.4 Å². The number of imide groups is 1. The van der Waals surface area contributed by atoms with Crippen LogP contribution in [0.4, 0.5) is 0 Å². The van der Waals surface area contributed by atoms with E-state index in [9.17, 15) is 9.59 Å². The number of fused-ring (bicyclic) bond motifs is 1.